The number of carbonyl (C=O) groups is 2. The number of nitrogens with zero attached hydrogens (tertiary/aromatic N) is 4. The average Bonchev–Trinajstić information content (AvgIpc) is 3.25. The highest BCUT2D eigenvalue weighted by molar-refractivity contribution is 5.97. The molecule has 0 saturated carbocycles. The van der Waals surface area contributed by atoms with Gasteiger partial charge in [0, 0.05) is 24.8 Å². The van der Waals surface area contributed by atoms with Gasteiger partial charge in [-0.05, 0) is 24.3 Å². The first-order chi connectivity index (χ1) is 17.4. The zero-order valence-corrected chi connectivity index (χ0v) is 19.3. The van der Waals surface area contributed by atoms with E-state index in [4.69, 9.17) is 14.2 Å². The topological polar surface area (TPSA) is 157 Å². The molecule has 2 atom stereocenters. The number of hydrogen-bond donors (Lipinski definition) is 3. The van der Waals surface area contributed by atoms with Crippen LogP contribution in [0.25, 0.3) is 11.2 Å². The van der Waals surface area contributed by atoms with Gasteiger partial charge in [-0.15, -0.1) is 0 Å². The van der Waals surface area contributed by atoms with Crippen molar-refractivity contribution in [1.29, 1.82) is 0 Å². The van der Waals surface area contributed by atoms with Crippen molar-refractivity contribution in [1.82, 2.24) is 19.9 Å². The zero-order valence-electron chi connectivity index (χ0n) is 19.3. The van der Waals surface area contributed by atoms with Gasteiger partial charge >= 0.3 is 6.09 Å². The lowest BCUT2D eigenvalue weighted by molar-refractivity contribution is -0.118. The van der Waals surface area contributed by atoms with Crippen molar-refractivity contribution >= 4 is 34.5 Å². The van der Waals surface area contributed by atoms with Crippen molar-refractivity contribution in [3.05, 3.63) is 46.9 Å². The maximum absolute atomic E-state index is 12.4. The normalized spacial score (nSPS) is 17.8. The van der Waals surface area contributed by atoms with Crippen LogP contribution >= 0.6 is 0 Å². The number of methoxy groups -OCH3 is 1. The fourth-order valence-electron chi connectivity index (χ4n) is 4.08. The third-order valence-corrected chi connectivity index (χ3v) is 5.80. The second-order valence-electron chi connectivity index (χ2n) is 8.35. The van der Waals surface area contributed by atoms with Gasteiger partial charge in [0.15, 0.2) is 12.3 Å². The van der Waals surface area contributed by atoms with Crippen LogP contribution in [0.5, 0.6) is 11.6 Å². The first-order valence-electron chi connectivity index (χ1n) is 11.3. The number of ether oxygens (including phenoxy) is 3. The first kappa shape index (κ1) is 23.5. The molecule has 0 aliphatic carbocycles. The highest BCUT2D eigenvalue weighted by Crippen LogP contribution is 2.33. The number of amides is 2. The number of carbonyl (C=O) groups excluding carboxylic acids is 2. The monoisotopic (exact) mass is 496 g/mol. The molecule has 36 heavy (non-hydrogen) atoms. The summed E-state index contributed by atoms with van der Waals surface area (Å²) in [6.45, 7) is 0.672. The Hall–Kier alpha value is -4.23. The van der Waals surface area contributed by atoms with Gasteiger partial charge in [-0.25, -0.2) is 9.78 Å². The standard InChI is InChI=1S/C23H24N6O7/c1-34-20-5-3-16-22(27-20)29(21(32)9-25-16)10-14(30)7-24-8-15-11-28(23(33)36-15)13-2-4-18-17(6-13)26-19(31)12-35-18/h2-6,9,14-15,24,30H,7-8,10-12H2,1H3,(H,26,31)/t14-,15-/m1/s1. The Morgan fingerprint density at radius 2 is 2.14 bits per heavy atom. The summed E-state index contributed by atoms with van der Waals surface area (Å²) in [5.74, 6) is 0.603. The zero-order chi connectivity index (χ0) is 25.2. The molecule has 2 aromatic heterocycles. The van der Waals surface area contributed by atoms with Crippen LogP contribution in [0.2, 0.25) is 0 Å². The quantitative estimate of drug-likeness (QED) is 0.391. The van der Waals surface area contributed by atoms with E-state index in [1.54, 1.807) is 30.3 Å². The largest absolute Gasteiger partial charge is 0.482 e. The maximum Gasteiger partial charge on any atom is 0.414 e. The third-order valence-electron chi connectivity index (χ3n) is 5.80. The summed E-state index contributed by atoms with van der Waals surface area (Å²) in [4.78, 5) is 46.2. The van der Waals surface area contributed by atoms with E-state index in [1.165, 1.54) is 22.8 Å². The predicted octanol–water partition coefficient (Wildman–Crippen LogP) is 0.107. The average molecular weight is 496 g/mol. The Morgan fingerprint density at radius 1 is 1.28 bits per heavy atom. The van der Waals surface area contributed by atoms with E-state index in [0.29, 0.717) is 40.7 Å². The van der Waals surface area contributed by atoms with Crippen molar-refractivity contribution in [2.45, 2.75) is 18.8 Å². The van der Waals surface area contributed by atoms with Crippen LogP contribution in [0.15, 0.2) is 41.3 Å². The number of aromatic nitrogens is 3. The molecule has 0 unspecified atom stereocenters. The SMILES string of the molecule is COc1ccc2ncc(=O)n(C[C@H](O)CNC[C@@H]3CN(c4ccc5c(c4)NC(=O)CO5)C(=O)O3)c2n1. The Bertz CT molecular complexity index is 1380. The molecule has 13 nitrogen and oxygen atoms in total. The minimum Gasteiger partial charge on any atom is -0.482 e. The Balaban J connectivity index is 1.17. The van der Waals surface area contributed by atoms with E-state index in [9.17, 15) is 19.5 Å². The highest BCUT2D eigenvalue weighted by atomic mass is 16.6. The Morgan fingerprint density at radius 3 is 2.97 bits per heavy atom. The van der Waals surface area contributed by atoms with Crippen LogP contribution in [-0.4, -0.2) is 77.2 Å². The van der Waals surface area contributed by atoms with E-state index in [0.717, 1.165) is 0 Å². The minimum absolute atomic E-state index is 0.00941. The molecule has 0 spiro atoms. The van der Waals surface area contributed by atoms with Gasteiger partial charge in [0.2, 0.25) is 5.88 Å². The lowest BCUT2D eigenvalue weighted by atomic mass is 10.2. The maximum atomic E-state index is 12.4. The van der Waals surface area contributed by atoms with Gasteiger partial charge in [0.05, 0.1) is 38.2 Å². The Kier molecular flexibility index (Phi) is 6.40. The molecular weight excluding hydrogens is 472 g/mol. The van der Waals surface area contributed by atoms with E-state index in [-0.39, 0.29) is 32.1 Å². The summed E-state index contributed by atoms with van der Waals surface area (Å²) < 4.78 is 17.2. The van der Waals surface area contributed by atoms with Crippen molar-refractivity contribution < 1.29 is 28.9 Å². The van der Waals surface area contributed by atoms with Crippen molar-refractivity contribution in [2.75, 3.05) is 43.6 Å². The van der Waals surface area contributed by atoms with E-state index < -0.39 is 23.9 Å². The second kappa shape index (κ2) is 9.79. The third kappa shape index (κ3) is 4.78. The molecular formula is C23H24N6O7. The lowest BCUT2D eigenvalue weighted by Gasteiger charge is -2.20. The molecule has 2 aliphatic heterocycles. The molecule has 3 N–H and O–H groups in total. The molecule has 188 valence electrons. The van der Waals surface area contributed by atoms with Gasteiger partial charge in [0.1, 0.15) is 17.4 Å². The summed E-state index contributed by atoms with van der Waals surface area (Å²) in [5, 5.41) is 16.3. The number of hydrogen-bond acceptors (Lipinski definition) is 10. The molecule has 13 heteroatoms. The first-order valence-corrected chi connectivity index (χ1v) is 11.3. The molecule has 5 rings (SSSR count). The van der Waals surface area contributed by atoms with Crippen LogP contribution in [-0.2, 0) is 16.1 Å². The number of cyclic esters (lactones) is 1. The van der Waals surface area contributed by atoms with Gasteiger partial charge in [-0.3, -0.25) is 19.1 Å². The molecule has 3 aromatic rings. The lowest BCUT2D eigenvalue weighted by Crippen LogP contribution is -2.38. The highest BCUT2D eigenvalue weighted by Gasteiger charge is 2.33. The summed E-state index contributed by atoms with van der Waals surface area (Å²) in [6, 6.07) is 8.40. The van der Waals surface area contributed by atoms with Gasteiger partial charge in [0.25, 0.3) is 11.5 Å². The molecule has 1 saturated heterocycles. The number of anilines is 2. The smallest absolute Gasteiger partial charge is 0.414 e. The van der Waals surface area contributed by atoms with Crippen molar-refractivity contribution in [2.24, 2.45) is 0 Å². The van der Waals surface area contributed by atoms with E-state index >= 15 is 0 Å². The molecule has 1 aromatic carbocycles. The number of aliphatic hydroxyl groups is 1. The summed E-state index contributed by atoms with van der Waals surface area (Å²) >= 11 is 0. The van der Waals surface area contributed by atoms with Crippen LogP contribution in [0, 0.1) is 0 Å². The molecule has 2 amide bonds. The summed E-state index contributed by atoms with van der Waals surface area (Å²) in [5.41, 5.74) is 1.48. The number of fused-ring (bicyclic) bond motifs is 2. The molecule has 4 heterocycles. The van der Waals surface area contributed by atoms with E-state index in [1.807, 2.05) is 0 Å². The minimum atomic E-state index is -0.918. The number of aliphatic hydroxyl groups excluding tert-OH is 1. The van der Waals surface area contributed by atoms with Crippen LogP contribution < -0.4 is 30.6 Å². The number of rotatable bonds is 8. The fraction of sp³-hybridized carbons (Fsp3) is 0.348. The van der Waals surface area contributed by atoms with Crippen molar-refractivity contribution in [3.8, 4) is 11.6 Å². The van der Waals surface area contributed by atoms with Gasteiger partial charge < -0.3 is 30.0 Å². The van der Waals surface area contributed by atoms with Gasteiger partial charge in [-0.1, -0.05) is 0 Å². The van der Waals surface area contributed by atoms with Crippen LogP contribution in [0.4, 0.5) is 16.2 Å². The van der Waals surface area contributed by atoms with Gasteiger partial charge in [-0.2, -0.15) is 4.98 Å². The number of benzene rings is 1. The fourth-order valence-corrected chi connectivity index (χ4v) is 4.08. The molecule has 0 bridgehead atoms. The summed E-state index contributed by atoms with van der Waals surface area (Å²) in [6.07, 6.45) is -0.706. The molecule has 1 fully saturated rings. The molecule has 2 aliphatic rings. The van der Waals surface area contributed by atoms with Crippen LogP contribution in [0.3, 0.4) is 0 Å². The predicted molar refractivity (Wildman–Crippen MR) is 127 cm³/mol. The van der Waals surface area contributed by atoms with Crippen molar-refractivity contribution in [3.63, 3.8) is 0 Å². The van der Waals surface area contributed by atoms with Crippen LogP contribution in [0.1, 0.15) is 0 Å². The number of pyridine rings is 1. The second-order valence-corrected chi connectivity index (χ2v) is 8.35. The number of nitrogens with one attached hydrogen (secondary N) is 2. The Labute approximate surface area is 204 Å². The molecule has 0 radical (unpaired) electrons. The summed E-state index contributed by atoms with van der Waals surface area (Å²) in [7, 11) is 1.47. The van der Waals surface area contributed by atoms with E-state index in [2.05, 4.69) is 20.6 Å².